The number of rotatable bonds is 3. The van der Waals surface area contributed by atoms with E-state index in [2.05, 4.69) is 28.9 Å². The van der Waals surface area contributed by atoms with Gasteiger partial charge in [-0.1, -0.05) is 0 Å². The second kappa shape index (κ2) is 5.67. The predicted octanol–water partition coefficient (Wildman–Crippen LogP) is 1.67. The summed E-state index contributed by atoms with van der Waals surface area (Å²) >= 11 is 0. The minimum Gasteiger partial charge on any atom is -0.389 e. The molecule has 0 spiro atoms. The summed E-state index contributed by atoms with van der Waals surface area (Å²) in [6.45, 7) is 3.87. The molecule has 100 valence electrons. The van der Waals surface area contributed by atoms with E-state index in [1.165, 1.54) is 12.8 Å². The lowest BCUT2D eigenvalue weighted by atomic mass is 10.0. The van der Waals surface area contributed by atoms with Gasteiger partial charge in [-0.05, 0) is 51.6 Å². The monoisotopic (exact) mass is 249 g/mol. The molecule has 0 aromatic carbocycles. The van der Waals surface area contributed by atoms with Gasteiger partial charge >= 0.3 is 0 Å². The first kappa shape index (κ1) is 13.3. The highest BCUT2D eigenvalue weighted by Crippen LogP contribution is 2.22. The van der Waals surface area contributed by atoms with Crippen molar-refractivity contribution in [1.82, 2.24) is 9.88 Å². The van der Waals surface area contributed by atoms with Crippen LogP contribution < -0.4 is 4.90 Å². The first-order chi connectivity index (χ1) is 8.58. The zero-order valence-corrected chi connectivity index (χ0v) is 11.5. The first-order valence-corrected chi connectivity index (χ1v) is 6.63. The molecule has 2 heterocycles. The van der Waals surface area contributed by atoms with Crippen LogP contribution in [0.2, 0.25) is 0 Å². The van der Waals surface area contributed by atoms with Crippen LogP contribution in [0.5, 0.6) is 0 Å². The van der Waals surface area contributed by atoms with Gasteiger partial charge in [0.15, 0.2) is 0 Å². The van der Waals surface area contributed by atoms with Crippen molar-refractivity contribution in [3.8, 4) is 0 Å². The molecule has 1 atom stereocenters. The second-order valence-corrected chi connectivity index (χ2v) is 5.31. The molecule has 1 saturated heterocycles. The van der Waals surface area contributed by atoms with E-state index in [9.17, 15) is 5.11 Å². The van der Waals surface area contributed by atoms with E-state index >= 15 is 0 Å². The molecule has 0 amide bonds. The quantitative estimate of drug-likeness (QED) is 0.884. The number of anilines is 1. The number of hydrogen-bond donors (Lipinski definition) is 1. The maximum absolute atomic E-state index is 9.61. The van der Waals surface area contributed by atoms with Crippen LogP contribution in [0.3, 0.4) is 0 Å². The maximum atomic E-state index is 9.61. The number of piperidine rings is 1. The molecule has 0 aliphatic carbocycles. The van der Waals surface area contributed by atoms with Crippen LogP contribution >= 0.6 is 0 Å². The van der Waals surface area contributed by atoms with Crippen LogP contribution in [-0.2, 0) is 0 Å². The van der Waals surface area contributed by atoms with Crippen LogP contribution in [-0.4, -0.2) is 48.2 Å². The highest BCUT2D eigenvalue weighted by molar-refractivity contribution is 5.42. The van der Waals surface area contributed by atoms with E-state index in [0.29, 0.717) is 6.04 Å². The van der Waals surface area contributed by atoms with Crippen molar-refractivity contribution in [3.63, 3.8) is 0 Å². The van der Waals surface area contributed by atoms with Crippen molar-refractivity contribution in [1.29, 1.82) is 0 Å². The number of pyridine rings is 1. The van der Waals surface area contributed by atoms with E-state index in [-0.39, 0.29) is 0 Å². The van der Waals surface area contributed by atoms with Crippen molar-refractivity contribution in [2.24, 2.45) is 0 Å². The van der Waals surface area contributed by atoms with Gasteiger partial charge in [-0.25, -0.2) is 4.98 Å². The lowest BCUT2D eigenvalue weighted by molar-refractivity contribution is 0.199. The Bertz CT molecular complexity index is 384. The molecule has 18 heavy (non-hydrogen) atoms. The van der Waals surface area contributed by atoms with Gasteiger partial charge in [0.25, 0.3) is 0 Å². The fraction of sp³-hybridized carbons (Fsp3) is 0.643. The molecule has 0 radical (unpaired) electrons. The summed E-state index contributed by atoms with van der Waals surface area (Å²) in [7, 11) is 4.29. The summed E-state index contributed by atoms with van der Waals surface area (Å²) in [6.07, 6.45) is 3.71. The molecular weight excluding hydrogens is 226 g/mol. The highest BCUT2D eigenvalue weighted by atomic mass is 16.3. The average Bonchev–Trinajstić information content (AvgIpc) is 2.39. The van der Waals surface area contributed by atoms with E-state index in [1.54, 1.807) is 13.1 Å². The SMILES string of the molecule is C[C@@H](O)c1ccnc(N2CCC(N(C)C)CC2)c1. The third-order valence-corrected chi connectivity index (χ3v) is 3.77. The molecule has 0 saturated carbocycles. The molecule has 0 unspecified atom stereocenters. The number of aliphatic hydroxyl groups is 1. The van der Waals surface area contributed by atoms with Gasteiger partial charge in [0.05, 0.1) is 6.10 Å². The molecule has 1 fully saturated rings. The molecule has 1 aromatic rings. The summed E-state index contributed by atoms with van der Waals surface area (Å²) in [5, 5.41) is 9.61. The van der Waals surface area contributed by atoms with Crippen LogP contribution in [0.4, 0.5) is 5.82 Å². The number of hydrogen-bond acceptors (Lipinski definition) is 4. The molecule has 4 nitrogen and oxygen atoms in total. The van der Waals surface area contributed by atoms with Gasteiger partial charge in [0.1, 0.15) is 5.82 Å². The Morgan fingerprint density at radius 1 is 1.39 bits per heavy atom. The lowest BCUT2D eigenvalue weighted by Crippen LogP contribution is -2.42. The topological polar surface area (TPSA) is 39.6 Å². The average molecular weight is 249 g/mol. The molecule has 1 N–H and O–H groups in total. The number of nitrogens with zero attached hydrogens (tertiary/aromatic N) is 3. The minimum absolute atomic E-state index is 0.425. The van der Waals surface area contributed by atoms with Gasteiger partial charge in [-0.15, -0.1) is 0 Å². The summed E-state index contributed by atoms with van der Waals surface area (Å²) in [6, 6.07) is 4.56. The molecule has 1 aliphatic heterocycles. The maximum Gasteiger partial charge on any atom is 0.128 e. The van der Waals surface area contributed by atoms with Crippen LogP contribution in [0.15, 0.2) is 18.3 Å². The van der Waals surface area contributed by atoms with Crippen molar-refractivity contribution in [3.05, 3.63) is 23.9 Å². The Labute approximate surface area is 109 Å². The number of aliphatic hydroxyl groups excluding tert-OH is 1. The molecule has 2 rings (SSSR count). The van der Waals surface area contributed by atoms with Gasteiger partial charge < -0.3 is 14.9 Å². The third-order valence-electron chi connectivity index (χ3n) is 3.77. The Balaban J connectivity index is 2.03. The zero-order valence-electron chi connectivity index (χ0n) is 11.5. The zero-order chi connectivity index (χ0) is 13.1. The summed E-state index contributed by atoms with van der Waals surface area (Å²) in [5.41, 5.74) is 0.940. The standard InChI is InChI=1S/C14H23N3O/c1-11(18)12-4-7-15-14(10-12)17-8-5-13(6-9-17)16(2)3/h4,7,10-11,13,18H,5-6,8-9H2,1-3H3/t11-/m1/s1. The second-order valence-electron chi connectivity index (χ2n) is 5.31. The van der Waals surface area contributed by atoms with Crippen LogP contribution in [0.1, 0.15) is 31.4 Å². The van der Waals surface area contributed by atoms with Gasteiger partial charge in [-0.3, -0.25) is 0 Å². The smallest absolute Gasteiger partial charge is 0.128 e. The van der Waals surface area contributed by atoms with Crippen molar-refractivity contribution in [2.45, 2.75) is 31.9 Å². The fourth-order valence-electron chi connectivity index (χ4n) is 2.48. The third kappa shape index (κ3) is 3.00. The fourth-order valence-corrected chi connectivity index (χ4v) is 2.48. The molecule has 1 aromatic heterocycles. The first-order valence-electron chi connectivity index (χ1n) is 6.63. The largest absolute Gasteiger partial charge is 0.389 e. The summed E-state index contributed by atoms with van der Waals surface area (Å²) in [4.78, 5) is 9.03. The van der Waals surface area contributed by atoms with Gasteiger partial charge in [0, 0.05) is 25.3 Å². The van der Waals surface area contributed by atoms with Crippen molar-refractivity contribution < 1.29 is 5.11 Å². The lowest BCUT2D eigenvalue weighted by Gasteiger charge is -2.36. The Morgan fingerprint density at radius 3 is 2.61 bits per heavy atom. The van der Waals surface area contributed by atoms with Crippen LogP contribution in [0.25, 0.3) is 0 Å². The van der Waals surface area contributed by atoms with Crippen molar-refractivity contribution in [2.75, 3.05) is 32.1 Å². The van der Waals surface area contributed by atoms with E-state index in [4.69, 9.17) is 0 Å². The molecule has 1 aliphatic rings. The van der Waals surface area contributed by atoms with E-state index in [1.807, 2.05) is 12.1 Å². The predicted molar refractivity (Wildman–Crippen MR) is 73.8 cm³/mol. The van der Waals surface area contributed by atoms with Crippen LogP contribution in [0, 0.1) is 0 Å². The van der Waals surface area contributed by atoms with Gasteiger partial charge in [0.2, 0.25) is 0 Å². The molecule has 4 heteroatoms. The Morgan fingerprint density at radius 2 is 2.06 bits per heavy atom. The molecular formula is C14H23N3O. The van der Waals surface area contributed by atoms with Crippen molar-refractivity contribution >= 4 is 5.82 Å². The Hall–Kier alpha value is -1.13. The Kier molecular flexibility index (Phi) is 4.19. The summed E-state index contributed by atoms with van der Waals surface area (Å²) < 4.78 is 0. The normalized spacial score (nSPS) is 19.3. The van der Waals surface area contributed by atoms with E-state index in [0.717, 1.165) is 24.5 Å². The summed E-state index contributed by atoms with van der Waals surface area (Å²) in [5.74, 6) is 0.991. The minimum atomic E-state index is -0.425. The molecule has 0 bridgehead atoms. The van der Waals surface area contributed by atoms with Gasteiger partial charge in [-0.2, -0.15) is 0 Å². The number of aromatic nitrogens is 1. The highest BCUT2D eigenvalue weighted by Gasteiger charge is 2.21. The van der Waals surface area contributed by atoms with E-state index < -0.39 is 6.10 Å².